The maximum absolute atomic E-state index is 13.3. The van der Waals surface area contributed by atoms with Crippen molar-refractivity contribution in [1.82, 2.24) is 14.8 Å². The molecular formula is C14H14F3N3O3. The van der Waals surface area contributed by atoms with Gasteiger partial charge in [-0.15, -0.1) is 0 Å². The Labute approximate surface area is 128 Å². The molecule has 0 aliphatic heterocycles. The number of rotatable bonds is 4. The highest BCUT2D eigenvalue weighted by Gasteiger charge is 2.39. The third-order valence-corrected chi connectivity index (χ3v) is 3.62. The Morgan fingerprint density at radius 3 is 2.74 bits per heavy atom. The van der Waals surface area contributed by atoms with Gasteiger partial charge in [-0.2, -0.15) is 18.3 Å². The van der Waals surface area contributed by atoms with E-state index in [0.29, 0.717) is 6.07 Å². The van der Waals surface area contributed by atoms with E-state index in [1.807, 2.05) is 0 Å². The van der Waals surface area contributed by atoms with Crippen LogP contribution >= 0.6 is 0 Å². The minimum Gasteiger partial charge on any atom is -0.465 e. The van der Waals surface area contributed by atoms with Crippen LogP contribution in [0.15, 0.2) is 10.9 Å². The number of aromatic amines is 1. The highest BCUT2D eigenvalue weighted by atomic mass is 19.4. The van der Waals surface area contributed by atoms with Crippen LogP contribution in [-0.4, -0.2) is 27.3 Å². The maximum atomic E-state index is 13.3. The SMILES string of the molecule is CCOC(=O)Cn1nc(C2CC2)c2c(C(F)(F)F)cc(=O)[nH]c21. The highest BCUT2D eigenvalue weighted by molar-refractivity contribution is 5.84. The van der Waals surface area contributed by atoms with E-state index < -0.39 is 23.3 Å². The van der Waals surface area contributed by atoms with Gasteiger partial charge in [0.2, 0.25) is 5.56 Å². The number of fused-ring (bicyclic) bond motifs is 1. The number of halogens is 3. The Balaban J connectivity index is 2.21. The Bertz CT molecular complexity index is 818. The van der Waals surface area contributed by atoms with Crippen molar-refractivity contribution in [3.05, 3.63) is 27.7 Å². The molecule has 0 amide bonds. The van der Waals surface area contributed by atoms with Gasteiger partial charge in [0.15, 0.2) is 0 Å². The number of carbonyl (C=O) groups is 1. The monoisotopic (exact) mass is 329 g/mol. The number of alkyl halides is 3. The number of nitrogens with zero attached hydrogens (tertiary/aromatic N) is 2. The fourth-order valence-corrected chi connectivity index (χ4v) is 2.54. The Kier molecular flexibility index (Phi) is 3.65. The van der Waals surface area contributed by atoms with Crippen molar-refractivity contribution < 1.29 is 22.7 Å². The zero-order valence-corrected chi connectivity index (χ0v) is 12.2. The molecule has 23 heavy (non-hydrogen) atoms. The zero-order valence-electron chi connectivity index (χ0n) is 12.2. The van der Waals surface area contributed by atoms with Crippen molar-refractivity contribution in [3.63, 3.8) is 0 Å². The largest absolute Gasteiger partial charge is 0.465 e. The quantitative estimate of drug-likeness (QED) is 0.872. The third-order valence-electron chi connectivity index (χ3n) is 3.62. The molecule has 0 aromatic carbocycles. The molecule has 2 aromatic heterocycles. The number of pyridine rings is 1. The summed E-state index contributed by atoms with van der Waals surface area (Å²) < 4.78 is 45.7. The van der Waals surface area contributed by atoms with Crippen molar-refractivity contribution in [2.24, 2.45) is 0 Å². The van der Waals surface area contributed by atoms with Crippen molar-refractivity contribution in [1.29, 1.82) is 0 Å². The summed E-state index contributed by atoms with van der Waals surface area (Å²) in [5.41, 5.74) is -1.74. The van der Waals surface area contributed by atoms with Gasteiger partial charge in [0.25, 0.3) is 0 Å². The van der Waals surface area contributed by atoms with Crippen LogP contribution in [0, 0.1) is 0 Å². The molecule has 6 nitrogen and oxygen atoms in total. The average molecular weight is 329 g/mol. The molecule has 1 aliphatic carbocycles. The second kappa shape index (κ2) is 5.39. The molecular weight excluding hydrogens is 315 g/mol. The van der Waals surface area contributed by atoms with Crippen LogP contribution in [0.25, 0.3) is 11.0 Å². The number of ether oxygens (including phenoxy) is 1. The second-order valence-corrected chi connectivity index (χ2v) is 5.39. The molecule has 1 saturated carbocycles. The van der Waals surface area contributed by atoms with Crippen LogP contribution in [0.2, 0.25) is 0 Å². The molecule has 124 valence electrons. The maximum Gasteiger partial charge on any atom is 0.417 e. The van der Waals surface area contributed by atoms with E-state index in [2.05, 4.69) is 10.1 Å². The van der Waals surface area contributed by atoms with Crippen LogP contribution in [0.4, 0.5) is 13.2 Å². The zero-order chi connectivity index (χ0) is 16.8. The van der Waals surface area contributed by atoms with E-state index in [0.717, 1.165) is 17.5 Å². The summed E-state index contributed by atoms with van der Waals surface area (Å²) in [6.07, 6.45) is -3.20. The summed E-state index contributed by atoms with van der Waals surface area (Å²) in [7, 11) is 0. The molecule has 2 aromatic rings. The van der Waals surface area contributed by atoms with Crippen LogP contribution < -0.4 is 5.56 Å². The summed E-state index contributed by atoms with van der Waals surface area (Å²) in [6, 6.07) is 0.532. The lowest BCUT2D eigenvalue weighted by atomic mass is 10.1. The van der Waals surface area contributed by atoms with Gasteiger partial charge < -0.3 is 9.72 Å². The number of esters is 1. The first-order chi connectivity index (χ1) is 10.8. The lowest BCUT2D eigenvalue weighted by Gasteiger charge is -2.08. The summed E-state index contributed by atoms with van der Waals surface area (Å²) in [4.78, 5) is 25.6. The lowest BCUT2D eigenvalue weighted by molar-refractivity contribution is -0.144. The minimum atomic E-state index is -4.67. The second-order valence-electron chi connectivity index (χ2n) is 5.39. The first-order valence-electron chi connectivity index (χ1n) is 7.17. The van der Waals surface area contributed by atoms with Gasteiger partial charge in [-0.05, 0) is 19.8 Å². The molecule has 1 aliphatic rings. The molecule has 1 fully saturated rings. The normalized spacial score (nSPS) is 15.1. The van der Waals surface area contributed by atoms with Crippen LogP contribution in [-0.2, 0) is 22.3 Å². The molecule has 3 rings (SSSR count). The number of hydrogen-bond donors (Lipinski definition) is 1. The third kappa shape index (κ3) is 2.95. The fraction of sp³-hybridized carbons (Fsp3) is 0.500. The van der Waals surface area contributed by atoms with Gasteiger partial charge in [0.05, 0.1) is 23.3 Å². The average Bonchev–Trinajstić information content (AvgIpc) is 3.22. The number of aromatic nitrogens is 3. The smallest absolute Gasteiger partial charge is 0.417 e. The summed E-state index contributed by atoms with van der Waals surface area (Å²) in [6.45, 7) is 1.42. The van der Waals surface area contributed by atoms with Crippen molar-refractivity contribution in [2.45, 2.75) is 38.4 Å². The highest BCUT2D eigenvalue weighted by Crippen LogP contribution is 2.45. The van der Waals surface area contributed by atoms with Gasteiger partial charge in [0, 0.05) is 12.0 Å². The molecule has 2 heterocycles. The van der Waals surface area contributed by atoms with Crippen LogP contribution in [0.3, 0.4) is 0 Å². The first kappa shape index (κ1) is 15.6. The first-order valence-corrected chi connectivity index (χ1v) is 7.17. The minimum absolute atomic E-state index is 0.0760. The topological polar surface area (TPSA) is 77.0 Å². The molecule has 0 atom stereocenters. The Morgan fingerprint density at radius 1 is 1.48 bits per heavy atom. The Hall–Kier alpha value is -2.32. The number of H-pyrrole nitrogens is 1. The van der Waals surface area contributed by atoms with E-state index in [9.17, 15) is 22.8 Å². The number of carbonyl (C=O) groups excluding carboxylic acids is 1. The van der Waals surface area contributed by atoms with E-state index in [4.69, 9.17) is 4.74 Å². The lowest BCUT2D eigenvalue weighted by Crippen LogP contribution is -2.18. The van der Waals surface area contributed by atoms with Gasteiger partial charge in [-0.25, -0.2) is 4.68 Å². The van der Waals surface area contributed by atoms with Gasteiger partial charge in [0.1, 0.15) is 12.2 Å². The standard InChI is InChI=1S/C14H14F3N3O3/c1-2-23-10(22)6-20-13-11(12(19-20)7-3-4-7)8(14(15,16)17)5-9(21)18-13/h5,7H,2-4,6H2,1H3,(H,18,21). The summed E-state index contributed by atoms with van der Waals surface area (Å²) >= 11 is 0. The van der Waals surface area contributed by atoms with Gasteiger partial charge in [-0.1, -0.05) is 0 Å². The van der Waals surface area contributed by atoms with Crippen molar-refractivity contribution in [3.8, 4) is 0 Å². The van der Waals surface area contributed by atoms with Crippen LogP contribution in [0.1, 0.15) is 36.9 Å². The summed E-state index contributed by atoms with van der Waals surface area (Å²) in [5.74, 6) is -0.703. The molecule has 0 unspecified atom stereocenters. The van der Waals surface area contributed by atoms with Crippen LogP contribution in [0.5, 0.6) is 0 Å². The molecule has 1 N–H and O–H groups in total. The predicted octanol–water partition coefficient (Wildman–Crippen LogP) is 2.18. The molecule has 9 heteroatoms. The van der Waals surface area contributed by atoms with Gasteiger partial charge >= 0.3 is 12.1 Å². The van der Waals surface area contributed by atoms with Gasteiger partial charge in [-0.3, -0.25) is 9.59 Å². The van der Waals surface area contributed by atoms with E-state index in [1.54, 1.807) is 6.92 Å². The van der Waals surface area contributed by atoms with Crippen molar-refractivity contribution >= 4 is 17.0 Å². The van der Waals surface area contributed by atoms with Crippen molar-refractivity contribution in [2.75, 3.05) is 6.61 Å². The molecule has 0 spiro atoms. The molecule has 0 radical (unpaired) electrons. The Morgan fingerprint density at radius 2 is 2.17 bits per heavy atom. The fourth-order valence-electron chi connectivity index (χ4n) is 2.54. The molecule has 0 saturated heterocycles. The van der Waals surface area contributed by atoms with E-state index >= 15 is 0 Å². The molecule has 0 bridgehead atoms. The van der Waals surface area contributed by atoms with E-state index in [1.165, 1.54) is 0 Å². The van der Waals surface area contributed by atoms with E-state index in [-0.39, 0.29) is 35.8 Å². The number of hydrogen-bond acceptors (Lipinski definition) is 4. The summed E-state index contributed by atoms with van der Waals surface area (Å²) in [5, 5.41) is 4.00. The number of nitrogens with one attached hydrogen (secondary N) is 1. The predicted molar refractivity (Wildman–Crippen MR) is 74.0 cm³/mol.